The summed E-state index contributed by atoms with van der Waals surface area (Å²) in [5, 5.41) is 15.8. The summed E-state index contributed by atoms with van der Waals surface area (Å²) in [6.07, 6.45) is 0.102. The number of carbonyl (C=O) groups is 1. The zero-order chi connectivity index (χ0) is 14.0. The van der Waals surface area contributed by atoms with E-state index in [1.54, 1.807) is 6.92 Å². The first-order valence-corrected chi connectivity index (χ1v) is 6.70. The summed E-state index contributed by atoms with van der Waals surface area (Å²) in [6, 6.07) is 7.93. The molecule has 0 saturated heterocycles. The zero-order valence-electron chi connectivity index (χ0n) is 11.7. The van der Waals surface area contributed by atoms with Gasteiger partial charge in [0.1, 0.15) is 0 Å². The number of benzene rings is 1. The highest BCUT2D eigenvalue weighted by atomic mass is 16.3. The molecule has 0 aliphatic carbocycles. The Morgan fingerprint density at radius 1 is 1.42 bits per heavy atom. The molecule has 2 atom stereocenters. The van der Waals surface area contributed by atoms with Crippen molar-refractivity contribution in [3.8, 4) is 0 Å². The van der Waals surface area contributed by atoms with E-state index >= 15 is 0 Å². The van der Waals surface area contributed by atoms with Gasteiger partial charge in [0.25, 0.3) is 0 Å². The molecule has 1 aromatic carbocycles. The molecule has 2 rings (SSSR count). The Morgan fingerprint density at radius 3 is 2.68 bits per heavy atom. The summed E-state index contributed by atoms with van der Waals surface area (Å²) >= 11 is 0. The number of hydrogen-bond donors (Lipinski definition) is 3. The lowest BCUT2D eigenvalue weighted by molar-refractivity contribution is -0.126. The number of rotatable bonds is 3. The molecule has 0 spiro atoms. The lowest BCUT2D eigenvalue weighted by Crippen LogP contribution is -2.57. The lowest BCUT2D eigenvalue weighted by Gasteiger charge is -2.33. The predicted molar refractivity (Wildman–Crippen MR) is 74.7 cm³/mol. The molecule has 104 valence electrons. The van der Waals surface area contributed by atoms with E-state index in [1.807, 2.05) is 26.0 Å². The highest BCUT2D eigenvalue weighted by Gasteiger charge is 2.31. The Labute approximate surface area is 114 Å². The normalized spacial score (nSPS) is 20.5. The summed E-state index contributed by atoms with van der Waals surface area (Å²) in [5.41, 5.74) is 1.85. The molecule has 3 N–H and O–H groups in total. The highest BCUT2D eigenvalue weighted by Crippen LogP contribution is 2.17. The van der Waals surface area contributed by atoms with Crippen molar-refractivity contribution in [2.75, 3.05) is 0 Å². The van der Waals surface area contributed by atoms with Crippen molar-refractivity contribution in [3.63, 3.8) is 0 Å². The first-order valence-electron chi connectivity index (χ1n) is 6.70. The van der Waals surface area contributed by atoms with E-state index in [4.69, 9.17) is 0 Å². The van der Waals surface area contributed by atoms with Crippen molar-refractivity contribution in [3.05, 3.63) is 35.4 Å². The first-order chi connectivity index (χ1) is 8.90. The van der Waals surface area contributed by atoms with Gasteiger partial charge in [-0.2, -0.15) is 0 Å². The lowest BCUT2D eigenvalue weighted by atomic mass is 9.93. The van der Waals surface area contributed by atoms with Crippen molar-refractivity contribution in [1.82, 2.24) is 10.6 Å². The Hall–Kier alpha value is -1.39. The molecular weight excluding hydrogens is 240 g/mol. The SMILES string of the molecule is CC(O)C(C)(C)NC(=O)[C@@H]1Cc2ccccc2CN1. The molecule has 0 bridgehead atoms. The monoisotopic (exact) mass is 262 g/mol. The second kappa shape index (κ2) is 5.31. The van der Waals surface area contributed by atoms with E-state index in [2.05, 4.69) is 22.8 Å². The third kappa shape index (κ3) is 3.14. The van der Waals surface area contributed by atoms with Crippen LogP contribution in [0.5, 0.6) is 0 Å². The van der Waals surface area contributed by atoms with Gasteiger partial charge in [0.15, 0.2) is 0 Å². The van der Waals surface area contributed by atoms with Crippen LogP contribution in [0.3, 0.4) is 0 Å². The molecule has 1 aromatic rings. The van der Waals surface area contributed by atoms with E-state index in [-0.39, 0.29) is 11.9 Å². The van der Waals surface area contributed by atoms with E-state index in [0.29, 0.717) is 13.0 Å². The summed E-state index contributed by atoms with van der Waals surface area (Å²) in [4.78, 5) is 12.2. The summed E-state index contributed by atoms with van der Waals surface area (Å²) in [5.74, 6) is -0.0552. The average Bonchev–Trinajstić information content (AvgIpc) is 2.37. The maximum absolute atomic E-state index is 12.2. The Kier molecular flexibility index (Phi) is 3.92. The molecule has 1 amide bonds. The number of amides is 1. The number of hydrogen-bond acceptors (Lipinski definition) is 3. The second-order valence-corrected chi connectivity index (χ2v) is 5.79. The molecular formula is C15H22N2O2. The number of nitrogens with one attached hydrogen (secondary N) is 2. The number of aliphatic hydroxyl groups is 1. The number of carbonyl (C=O) groups excluding carboxylic acids is 1. The minimum absolute atomic E-state index is 0.0552. The highest BCUT2D eigenvalue weighted by molar-refractivity contribution is 5.83. The van der Waals surface area contributed by atoms with Crippen LogP contribution in [0.4, 0.5) is 0 Å². The van der Waals surface area contributed by atoms with Gasteiger partial charge in [-0.3, -0.25) is 4.79 Å². The Bertz CT molecular complexity index is 469. The Morgan fingerprint density at radius 2 is 2.05 bits per heavy atom. The van der Waals surface area contributed by atoms with Crippen LogP contribution in [0.2, 0.25) is 0 Å². The predicted octanol–water partition coefficient (Wildman–Crippen LogP) is 0.976. The van der Waals surface area contributed by atoms with Crippen LogP contribution in [-0.4, -0.2) is 28.7 Å². The van der Waals surface area contributed by atoms with Gasteiger partial charge in [-0.25, -0.2) is 0 Å². The van der Waals surface area contributed by atoms with Crippen molar-refractivity contribution in [1.29, 1.82) is 0 Å². The molecule has 1 aliphatic rings. The fourth-order valence-electron chi connectivity index (χ4n) is 2.15. The van der Waals surface area contributed by atoms with Gasteiger partial charge < -0.3 is 15.7 Å². The maximum atomic E-state index is 12.2. The van der Waals surface area contributed by atoms with E-state index in [0.717, 1.165) is 0 Å². The molecule has 1 aliphatic heterocycles. The van der Waals surface area contributed by atoms with Crippen LogP contribution >= 0.6 is 0 Å². The summed E-state index contributed by atoms with van der Waals surface area (Å²) in [7, 11) is 0. The van der Waals surface area contributed by atoms with Crippen molar-refractivity contribution < 1.29 is 9.90 Å². The van der Waals surface area contributed by atoms with Crippen molar-refractivity contribution in [2.45, 2.75) is 51.4 Å². The van der Waals surface area contributed by atoms with Crippen LogP contribution in [0, 0.1) is 0 Å². The molecule has 1 unspecified atom stereocenters. The fraction of sp³-hybridized carbons (Fsp3) is 0.533. The average molecular weight is 262 g/mol. The minimum atomic E-state index is -0.615. The van der Waals surface area contributed by atoms with Gasteiger partial charge >= 0.3 is 0 Å². The van der Waals surface area contributed by atoms with E-state index < -0.39 is 11.6 Å². The third-order valence-corrected chi connectivity index (χ3v) is 3.89. The molecule has 0 aromatic heterocycles. The minimum Gasteiger partial charge on any atom is -0.391 e. The quantitative estimate of drug-likeness (QED) is 0.761. The fourth-order valence-corrected chi connectivity index (χ4v) is 2.15. The van der Waals surface area contributed by atoms with Crippen LogP contribution in [0.1, 0.15) is 31.9 Å². The molecule has 0 saturated carbocycles. The number of fused-ring (bicyclic) bond motifs is 1. The van der Waals surface area contributed by atoms with Gasteiger partial charge in [0, 0.05) is 6.54 Å². The second-order valence-electron chi connectivity index (χ2n) is 5.79. The molecule has 19 heavy (non-hydrogen) atoms. The van der Waals surface area contributed by atoms with Gasteiger partial charge in [-0.1, -0.05) is 24.3 Å². The van der Waals surface area contributed by atoms with Crippen LogP contribution in [-0.2, 0) is 17.8 Å². The van der Waals surface area contributed by atoms with Gasteiger partial charge in [0.2, 0.25) is 5.91 Å². The summed E-state index contributed by atoms with van der Waals surface area (Å²) in [6.45, 7) is 6.05. The van der Waals surface area contributed by atoms with Gasteiger partial charge in [0.05, 0.1) is 17.7 Å². The van der Waals surface area contributed by atoms with E-state index in [1.165, 1.54) is 11.1 Å². The van der Waals surface area contributed by atoms with Crippen LogP contribution in [0.25, 0.3) is 0 Å². The smallest absolute Gasteiger partial charge is 0.237 e. The zero-order valence-corrected chi connectivity index (χ0v) is 11.7. The van der Waals surface area contributed by atoms with Crippen molar-refractivity contribution in [2.24, 2.45) is 0 Å². The van der Waals surface area contributed by atoms with Crippen LogP contribution < -0.4 is 10.6 Å². The van der Waals surface area contributed by atoms with Gasteiger partial charge in [-0.15, -0.1) is 0 Å². The van der Waals surface area contributed by atoms with Gasteiger partial charge in [-0.05, 0) is 38.3 Å². The molecule has 4 nitrogen and oxygen atoms in total. The molecule has 1 heterocycles. The van der Waals surface area contributed by atoms with E-state index in [9.17, 15) is 9.90 Å². The van der Waals surface area contributed by atoms with Crippen molar-refractivity contribution >= 4 is 5.91 Å². The molecule has 4 heteroatoms. The van der Waals surface area contributed by atoms with Crippen LogP contribution in [0.15, 0.2) is 24.3 Å². The topological polar surface area (TPSA) is 61.4 Å². The first kappa shape index (κ1) is 14.0. The maximum Gasteiger partial charge on any atom is 0.237 e. The largest absolute Gasteiger partial charge is 0.391 e. The standard InChI is InChI=1S/C15H22N2O2/c1-10(18)15(2,3)17-14(19)13-8-11-6-4-5-7-12(11)9-16-13/h4-7,10,13,16,18H,8-9H2,1-3H3,(H,17,19)/t10?,13-/m0/s1. The number of aliphatic hydroxyl groups excluding tert-OH is 1. The third-order valence-electron chi connectivity index (χ3n) is 3.89. The summed E-state index contributed by atoms with van der Waals surface area (Å²) < 4.78 is 0. The Balaban J connectivity index is 2.03. The molecule has 0 radical (unpaired) electrons. The molecule has 0 fully saturated rings.